The summed E-state index contributed by atoms with van der Waals surface area (Å²) >= 11 is 3.16. The number of rotatable bonds is 3. The summed E-state index contributed by atoms with van der Waals surface area (Å²) in [5, 5.41) is 2.74. The van der Waals surface area contributed by atoms with Gasteiger partial charge in [-0.25, -0.2) is 4.98 Å². The number of hydrogen-bond acceptors (Lipinski definition) is 4. The molecule has 0 saturated heterocycles. The molecule has 0 unspecified atom stereocenters. The molecule has 0 bridgehead atoms. The molecule has 1 N–H and O–H groups in total. The minimum absolute atomic E-state index is 0.241. The molecule has 2 heterocycles. The Balaban J connectivity index is 2.10. The molecule has 0 aromatic carbocycles. The second kappa shape index (κ2) is 5.22. The third-order valence-electron chi connectivity index (χ3n) is 2.33. The van der Waals surface area contributed by atoms with Gasteiger partial charge in [-0.2, -0.15) is 0 Å². The molecular formula is C12H12BrN3O2. The largest absolute Gasteiger partial charge is 0.457 e. The van der Waals surface area contributed by atoms with Crippen LogP contribution < -0.4 is 10.2 Å². The summed E-state index contributed by atoms with van der Waals surface area (Å²) in [6.07, 6.45) is 3.06. The zero-order valence-corrected chi connectivity index (χ0v) is 11.6. The first kappa shape index (κ1) is 12.6. The van der Waals surface area contributed by atoms with E-state index in [1.165, 1.54) is 6.26 Å². The molecule has 2 rings (SSSR count). The van der Waals surface area contributed by atoms with Crippen LogP contribution in [0, 0.1) is 0 Å². The van der Waals surface area contributed by atoms with Crippen molar-refractivity contribution in [1.82, 2.24) is 4.98 Å². The number of hydrogen-bond donors (Lipinski definition) is 1. The van der Waals surface area contributed by atoms with E-state index >= 15 is 0 Å². The summed E-state index contributed by atoms with van der Waals surface area (Å²) in [7, 11) is 3.81. The quantitative estimate of drug-likeness (QED) is 0.947. The van der Waals surface area contributed by atoms with Gasteiger partial charge in [0.15, 0.2) is 4.67 Å². The van der Waals surface area contributed by atoms with Crippen molar-refractivity contribution in [1.29, 1.82) is 0 Å². The summed E-state index contributed by atoms with van der Waals surface area (Å²) in [4.78, 5) is 18.0. The van der Waals surface area contributed by atoms with E-state index in [2.05, 4.69) is 26.2 Å². The first-order valence-electron chi connectivity index (χ1n) is 5.25. The van der Waals surface area contributed by atoms with E-state index in [-0.39, 0.29) is 5.91 Å². The molecule has 0 spiro atoms. The van der Waals surface area contributed by atoms with Crippen molar-refractivity contribution in [3.05, 3.63) is 40.9 Å². The van der Waals surface area contributed by atoms with Crippen LogP contribution in [0.3, 0.4) is 0 Å². The van der Waals surface area contributed by atoms with Gasteiger partial charge in [0.25, 0.3) is 5.91 Å². The first-order valence-corrected chi connectivity index (χ1v) is 6.05. The lowest BCUT2D eigenvalue weighted by molar-refractivity contribution is 0.102. The summed E-state index contributed by atoms with van der Waals surface area (Å²) in [6.45, 7) is 0. The number of aromatic nitrogens is 1. The summed E-state index contributed by atoms with van der Waals surface area (Å²) in [5.41, 5.74) is 1.09. The fourth-order valence-corrected chi connectivity index (χ4v) is 1.80. The lowest BCUT2D eigenvalue weighted by Crippen LogP contribution is -2.13. The Morgan fingerprint density at radius 3 is 2.67 bits per heavy atom. The van der Waals surface area contributed by atoms with Crippen LogP contribution in [0.1, 0.15) is 10.4 Å². The van der Waals surface area contributed by atoms with Crippen LogP contribution in [0.2, 0.25) is 0 Å². The molecule has 18 heavy (non-hydrogen) atoms. The minimum Gasteiger partial charge on any atom is -0.457 e. The number of amides is 1. The Morgan fingerprint density at radius 1 is 1.39 bits per heavy atom. The standard InChI is InChI=1S/C12H12BrN3O2/c1-16(2)10-4-3-8(7-14-10)15-12(17)9-5-6-18-11(9)13/h3-7H,1-2H3,(H,15,17). The van der Waals surface area contributed by atoms with E-state index in [0.717, 1.165) is 5.82 Å². The highest BCUT2D eigenvalue weighted by atomic mass is 79.9. The smallest absolute Gasteiger partial charge is 0.260 e. The van der Waals surface area contributed by atoms with Crippen molar-refractivity contribution < 1.29 is 9.21 Å². The van der Waals surface area contributed by atoms with Crippen LogP contribution in [-0.2, 0) is 0 Å². The number of carbonyl (C=O) groups is 1. The van der Waals surface area contributed by atoms with Crippen LogP contribution in [0.5, 0.6) is 0 Å². The van der Waals surface area contributed by atoms with Gasteiger partial charge >= 0.3 is 0 Å². The highest BCUT2D eigenvalue weighted by molar-refractivity contribution is 9.10. The maximum absolute atomic E-state index is 11.9. The van der Waals surface area contributed by atoms with Crippen molar-refractivity contribution in [3.8, 4) is 0 Å². The second-order valence-electron chi connectivity index (χ2n) is 3.86. The van der Waals surface area contributed by atoms with Gasteiger partial charge in [-0.1, -0.05) is 0 Å². The predicted molar refractivity (Wildman–Crippen MR) is 72.9 cm³/mol. The molecule has 2 aromatic heterocycles. The monoisotopic (exact) mass is 309 g/mol. The maximum atomic E-state index is 11.9. The van der Waals surface area contributed by atoms with E-state index in [9.17, 15) is 4.79 Å². The van der Waals surface area contributed by atoms with Gasteiger partial charge in [-0.05, 0) is 34.1 Å². The summed E-state index contributed by atoms with van der Waals surface area (Å²) in [5.74, 6) is 0.590. The minimum atomic E-state index is -0.241. The molecule has 1 amide bonds. The van der Waals surface area contributed by atoms with E-state index in [4.69, 9.17) is 4.42 Å². The molecule has 0 radical (unpaired) electrons. The molecule has 2 aromatic rings. The Labute approximate surface area is 113 Å². The van der Waals surface area contributed by atoms with Gasteiger partial charge in [-0.3, -0.25) is 4.79 Å². The molecule has 0 fully saturated rings. The van der Waals surface area contributed by atoms with Crippen molar-refractivity contribution in [2.24, 2.45) is 0 Å². The normalized spacial score (nSPS) is 10.2. The fourth-order valence-electron chi connectivity index (χ4n) is 1.38. The zero-order chi connectivity index (χ0) is 13.1. The van der Waals surface area contributed by atoms with Gasteiger partial charge in [0, 0.05) is 14.1 Å². The van der Waals surface area contributed by atoms with Gasteiger partial charge in [0.05, 0.1) is 23.7 Å². The molecule has 0 saturated carbocycles. The molecule has 5 nitrogen and oxygen atoms in total. The van der Waals surface area contributed by atoms with Crippen molar-refractivity contribution in [2.45, 2.75) is 0 Å². The van der Waals surface area contributed by atoms with E-state index in [0.29, 0.717) is 15.9 Å². The van der Waals surface area contributed by atoms with E-state index in [1.54, 1.807) is 18.3 Å². The van der Waals surface area contributed by atoms with Gasteiger partial charge in [0.2, 0.25) is 0 Å². The Morgan fingerprint density at radius 2 is 2.17 bits per heavy atom. The number of anilines is 2. The molecule has 0 aliphatic carbocycles. The molecule has 6 heteroatoms. The molecule has 0 atom stereocenters. The van der Waals surface area contributed by atoms with Crippen LogP contribution in [0.15, 0.2) is 39.7 Å². The third-order valence-corrected chi connectivity index (χ3v) is 2.94. The number of halogens is 1. The van der Waals surface area contributed by atoms with E-state index in [1.807, 2.05) is 25.1 Å². The maximum Gasteiger partial charge on any atom is 0.260 e. The van der Waals surface area contributed by atoms with Crippen LogP contribution >= 0.6 is 15.9 Å². The van der Waals surface area contributed by atoms with E-state index < -0.39 is 0 Å². The Hall–Kier alpha value is -1.82. The Kier molecular flexibility index (Phi) is 3.66. The van der Waals surface area contributed by atoms with Crippen molar-refractivity contribution in [3.63, 3.8) is 0 Å². The van der Waals surface area contributed by atoms with Crippen LogP contribution in [0.4, 0.5) is 11.5 Å². The lowest BCUT2D eigenvalue weighted by Gasteiger charge is -2.11. The topological polar surface area (TPSA) is 58.4 Å². The summed E-state index contributed by atoms with van der Waals surface area (Å²) in [6, 6.07) is 5.23. The molecular weight excluding hydrogens is 298 g/mol. The summed E-state index contributed by atoms with van der Waals surface area (Å²) < 4.78 is 5.42. The fraction of sp³-hybridized carbons (Fsp3) is 0.167. The molecule has 94 valence electrons. The number of pyridine rings is 1. The lowest BCUT2D eigenvalue weighted by atomic mass is 10.3. The average molecular weight is 310 g/mol. The van der Waals surface area contributed by atoms with Gasteiger partial charge < -0.3 is 14.6 Å². The number of nitrogens with zero attached hydrogens (tertiary/aromatic N) is 2. The average Bonchev–Trinajstić information content (AvgIpc) is 2.76. The highest BCUT2D eigenvalue weighted by Gasteiger charge is 2.12. The van der Waals surface area contributed by atoms with Crippen molar-refractivity contribution in [2.75, 3.05) is 24.3 Å². The predicted octanol–water partition coefficient (Wildman–Crippen LogP) is 2.76. The number of nitrogens with one attached hydrogen (secondary N) is 1. The SMILES string of the molecule is CN(C)c1ccc(NC(=O)c2ccoc2Br)cn1. The molecule has 0 aliphatic rings. The van der Waals surface area contributed by atoms with Gasteiger partial charge in [0.1, 0.15) is 5.82 Å². The van der Waals surface area contributed by atoms with Gasteiger partial charge in [-0.15, -0.1) is 0 Å². The second-order valence-corrected chi connectivity index (χ2v) is 4.58. The highest BCUT2D eigenvalue weighted by Crippen LogP contribution is 2.19. The molecule has 0 aliphatic heterocycles. The van der Waals surface area contributed by atoms with Crippen molar-refractivity contribution >= 4 is 33.3 Å². The first-order chi connectivity index (χ1) is 8.58. The van der Waals surface area contributed by atoms with Crippen LogP contribution in [-0.4, -0.2) is 25.0 Å². The number of carbonyl (C=O) groups excluding carboxylic acids is 1. The third kappa shape index (κ3) is 2.70. The zero-order valence-electron chi connectivity index (χ0n) is 9.98. The van der Waals surface area contributed by atoms with Crippen LogP contribution in [0.25, 0.3) is 0 Å². The number of furan rings is 1. The Bertz CT molecular complexity index is 549.